The lowest BCUT2D eigenvalue weighted by Crippen LogP contribution is -2.59. The van der Waals surface area contributed by atoms with Crippen LogP contribution in [0.15, 0.2) is 0 Å². The van der Waals surface area contributed by atoms with Crippen molar-refractivity contribution in [1.82, 2.24) is 4.90 Å². The van der Waals surface area contributed by atoms with Gasteiger partial charge in [-0.3, -0.25) is 4.79 Å². The fourth-order valence-electron chi connectivity index (χ4n) is 5.21. The van der Waals surface area contributed by atoms with Gasteiger partial charge in [0.15, 0.2) is 0 Å². The highest BCUT2D eigenvalue weighted by atomic mass is 16.6. The maximum atomic E-state index is 12.9. The standard InChI is InChI=1S/C23H45NO6/c1-10-18-23(7,28)20(25)17(5)24(8)13-14(2)11-22(6,27)12-15(3)19(29-9)16(4)21(26)30-18/h14-20,25,27-28H,10-13H2,1-9H3/t14-,15-,16-,17-,18-,19+,20-,22-,23-/m1/s1. The third-order valence-electron chi connectivity index (χ3n) is 6.88. The first kappa shape index (κ1) is 27.3. The van der Waals surface area contributed by atoms with Gasteiger partial charge in [0.2, 0.25) is 0 Å². The molecule has 7 nitrogen and oxygen atoms in total. The number of likely N-dealkylation sites (N-methyl/N-ethyl adjacent to an activating group) is 1. The summed E-state index contributed by atoms with van der Waals surface area (Å²) in [6.45, 7) is 13.5. The number of carbonyl (C=O) groups is 1. The minimum atomic E-state index is -1.61. The van der Waals surface area contributed by atoms with E-state index in [1.165, 1.54) is 6.92 Å². The maximum absolute atomic E-state index is 12.9. The van der Waals surface area contributed by atoms with Gasteiger partial charge in [0.05, 0.1) is 17.6 Å². The van der Waals surface area contributed by atoms with Crippen molar-refractivity contribution in [3.63, 3.8) is 0 Å². The first-order chi connectivity index (χ1) is 13.7. The Morgan fingerprint density at radius 1 is 1.17 bits per heavy atom. The molecule has 0 unspecified atom stereocenters. The number of rotatable bonds is 2. The Labute approximate surface area is 182 Å². The van der Waals surface area contributed by atoms with Gasteiger partial charge in [0.1, 0.15) is 17.8 Å². The zero-order chi connectivity index (χ0) is 23.4. The molecule has 0 aromatic heterocycles. The summed E-state index contributed by atoms with van der Waals surface area (Å²) in [6, 6.07) is -0.367. The number of cyclic esters (lactones) is 1. The lowest BCUT2D eigenvalue weighted by Gasteiger charge is -2.42. The molecular weight excluding hydrogens is 386 g/mol. The van der Waals surface area contributed by atoms with Crippen LogP contribution in [-0.4, -0.2) is 82.4 Å². The highest BCUT2D eigenvalue weighted by Gasteiger charge is 2.45. The fraction of sp³-hybridized carbons (Fsp3) is 0.957. The van der Waals surface area contributed by atoms with E-state index in [0.29, 0.717) is 25.8 Å². The average Bonchev–Trinajstić information content (AvgIpc) is 2.62. The van der Waals surface area contributed by atoms with E-state index >= 15 is 0 Å². The molecule has 0 amide bonds. The van der Waals surface area contributed by atoms with Crippen LogP contribution in [0, 0.1) is 17.8 Å². The molecule has 0 aromatic carbocycles. The number of methoxy groups -OCH3 is 1. The highest BCUT2D eigenvalue weighted by molar-refractivity contribution is 5.73. The Hall–Kier alpha value is -0.730. The summed E-state index contributed by atoms with van der Waals surface area (Å²) in [5.74, 6) is -0.963. The number of esters is 1. The van der Waals surface area contributed by atoms with Gasteiger partial charge in [-0.15, -0.1) is 0 Å². The largest absolute Gasteiger partial charge is 0.459 e. The van der Waals surface area contributed by atoms with Crippen LogP contribution in [0.25, 0.3) is 0 Å². The van der Waals surface area contributed by atoms with E-state index < -0.39 is 41.4 Å². The number of aliphatic hydroxyl groups is 3. The molecule has 1 fully saturated rings. The summed E-state index contributed by atoms with van der Waals surface area (Å²) in [5.41, 5.74) is -2.53. The molecule has 1 heterocycles. The van der Waals surface area contributed by atoms with Gasteiger partial charge in [-0.1, -0.05) is 20.8 Å². The van der Waals surface area contributed by atoms with Crippen LogP contribution in [-0.2, 0) is 14.3 Å². The van der Waals surface area contributed by atoms with Crippen molar-refractivity contribution >= 4 is 5.97 Å². The number of aliphatic hydroxyl groups excluding tert-OH is 1. The Kier molecular flexibility index (Phi) is 9.76. The molecule has 0 spiro atoms. The molecule has 0 aliphatic carbocycles. The number of ether oxygens (including phenoxy) is 2. The van der Waals surface area contributed by atoms with Gasteiger partial charge in [-0.2, -0.15) is 0 Å². The van der Waals surface area contributed by atoms with E-state index in [1.807, 2.05) is 39.6 Å². The molecule has 9 atom stereocenters. The van der Waals surface area contributed by atoms with Crippen LogP contribution < -0.4 is 0 Å². The van der Waals surface area contributed by atoms with E-state index in [2.05, 4.69) is 6.92 Å². The predicted molar refractivity (Wildman–Crippen MR) is 117 cm³/mol. The van der Waals surface area contributed by atoms with E-state index in [0.717, 1.165) is 0 Å². The second-order valence-corrected chi connectivity index (χ2v) is 10.2. The zero-order valence-electron chi connectivity index (χ0n) is 20.4. The van der Waals surface area contributed by atoms with E-state index in [4.69, 9.17) is 9.47 Å². The topological polar surface area (TPSA) is 99.5 Å². The minimum absolute atomic E-state index is 0.0762. The minimum Gasteiger partial charge on any atom is -0.459 e. The number of nitrogens with zero attached hydrogens (tertiary/aromatic N) is 1. The van der Waals surface area contributed by atoms with Crippen molar-refractivity contribution in [2.75, 3.05) is 20.7 Å². The van der Waals surface area contributed by atoms with Crippen molar-refractivity contribution in [2.24, 2.45) is 17.8 Å². The van der Waals surface area contributed by atoms with Gasteiger partial charge in [0.25, 0.3) is 0 Å². The third-order valence-corrected chi connectivity index (χ3v) is 6.88. The molecule has 3 N–H and O–H groups in total. The lowest BCUT2D eigenvalue weighted by atomic mass is 9.80. The molecule has 1 aliphatic rings. The quantitative estimate of drug-likeness (QED) is 0.577. The summed E-state index contributed by atoms with van der Waals surface area (Å²) in [6.07, 6.45) is -0.962. The Balaban J connectivity index is 3.33. The second kappa shape index (κ2) is 10.7. The number of hydrogen-bond acceptors (Lipinski definition) is 7. The first-order valence-electron chi connectivity index (χ1n) is 11.2. The summed E-state index contributed by atoms with van der Waals surface area (Å²) >= 11 is 0. The van der Waals surface area contributed by atoms with Crippen LogP contribution in [0.2, 0.25) is 0 Å². The van der Waals surface area contributed by atoms with Crippen LogP contribution in [0.4, 0.5) is 0 Å². The fourth-order valence-corrected chi connectivity index (χ4v) is 5.21. The Bertz CT molecular complexity index is 552. The molecule has 0 saturated carbocycles. The molecule has 1 aliphatic heterocycles. The van der Waals surface area contributed by atoms with Crippen LogP contribution >= 0.6 is 0 Å². The number of carbonyl (C=O) groups excluding carboxylic acids is 1. The molecule has 178 valence electrons. The number of hydrogen-bond donors (Lipinski definition) is 3. The Morgan fingerprint density at radius 3 is 2.23 bits per heavy atom. The zero-order valence-corrected chi connectivity index (χ0v) is 20.4. The average molecular weight is 432 g/mol. The van der Waals surface area contributed by atoms with E-state index in [9.17, 15) is 20.1 Å². The Morgan fingerprint density at radius 2 is 1.73 bits per heavy atom. The molecule has 0 radical (unpaired) electrons. The maximum Gasteiger partial charge on any atom is 0.311 e. The van der Waals surface area contributed by atoms with Crippen LogP contribution in [0.3, 0.4) is 0 Å². The third kappa shape index (κ3) is 6.63. The molecule has 7 heteroatoms. The summed E-state index contributed by atoms with van der Waals surface area (Å²) in [4.78, 5) is 14.9. The highest BCUT2D eigenvalue weighted by Crippen LogP contribution is 2.32. The monoisotopic (exact) mass is 431 g/mol. The van der Waals surface area contributed by atoms with E-state index in [1.54, 1.807) is 14.0 Å². The van der Waals surface area contributed by atoms with Gasteiger partial charge >= 0.3 is 5.97 Å². The smallest absolute Gasteiger partial charge is 0.311 e. The van der Waals surface area contributed by atoms with Gasteiger partial charge in [0, 0.05) is 19.7 Å². The molecule has 0 aromatic rings. The lowest BCUT2D eigenvalue weighted by molar-refractivity contribution is -0.193. The van der Waals surface area contributed by atoms with Gasteiger partial charge in [-0.05, 0) is 65.8 Å². The predicted octanol–water partition coefficient (Wildman–Crippen LogP) is 2.21. The normalized spacial score (nSPS) is 46.0. The summed E-state index contributed by atoms with van der Waals surface area (Å²) < 4.78 is 11.3. The van der Waals surface area contributed by atoms with Crippen molar-refractivity contribution in [3.05, 3.63) is 0 Å². The van der Waals surface area contributed by atoms with Crippen molar-refractivity contribution < 1.29 is 29.6 Å². The molecule has 1 saturated heterocycles. The molecular formula is C23H45NO6. The SMILES string of the molecule is CC[C@H]1OC(=O)[C@H](C)[C@@H](OC)[C@H](C)C[C@](C)(O)C[C@@H](C)CN(C)[C@H](C)[C@@H](O)[C@]1(C)O. The van der Waals surface area contributed by atoms with Gasteiger partial charge < -0.3 is 29.7 Å². The van der Waals surface area contributed by atoms with Crippen LogP contribution in [0.5, 0.6) is 0 Å². The van der Waals surface area contributed by atoms with Gasteiger partial charge in [-0.25, -0.2) is 0 Å². The summed E-state index contributed by atoms with van der Waals surface area (Å²) in [7, 11) is 3.45. The molecule has 0 bridgehead atoms. The van der Waals surface area contributed by atoms with Crippen molar-refractivity contribution in [2.45, 2.75) is 103 Å². The van der Waals surface area contributed by atoms with Crippen molar-refractivity contribution in [1.29, 1.82) is 0 Å². The van der Waals surface area contributed by atoms with Crippen molar-refractivity contribution in [3.8, 4) is 0 Å². The van der Waals surface area contributed by atoms with E-state index in [-0.39, 0.29) is 17.9 Å². The summed E-state index contributed by atoms with van der Waals surface area (Å²) in [5, 5.41) is 33.2. The molecule has 1 rings (SSSR count). The van der Waals surface area contributed by atoms with Crippen LogP contribution in [0.1, 0.15) is 67.7 Å². The first-order valence-corrected chi connectivity index (χ1v) is 11.2. The second-order valence-electron chi connectivity index (χ2n) is 10.2. The molecule has 30 heavy (non-hydrogen) atoms.